The average Bonchev–Trinajstić information content (AvgIpc) is 2.80. The lowest BCUT2D eigenvalue weighted by atomic mass is 9.98. The Morgan fingerprint density at radius 1 is 1.26 bits per heavy atom. The summed E-state index contributed by atoms with van der Waals surface area (Å²) in [6, 6.07) is 6.10. The number of aryl methyl sites for hydroxylation is 1. The van der Waals surface area contributed by atoms with Crippen molar-refractivity contribution < 1.29 is 0 Å². The van der Waals surface area contributed by atoms with Crippen LogP contribution in [0.2, 0.25) is 10.0 Å². The summed E-state index contributed by atoms with van der Waals surface area (Å²) in [4.78, 5) is 0. The topological polar surface area (TPSA) is 12.0 Å². The third-order valence-electron chi connectivity index (χ3n) is 3.18. The lowest BCUT2D eigenvalue weighted by Crippen LogP contribution is -2.23. The molecule has 19 heavy (non-hydrogen) atoms. The molecule has 0 aliphatic heterocycles. The highest BCUT2D eigenvalue weighted by Gasteiger charge is 2.16. The van der Waals surface area contributed by atoms with Crippen LogP contribution in [0.4, 0.5) is 0 Å². The van der Waals surface area contributed by atoms with Crippen molar-refractivity contribution in [3.05, 3.63) is 55.7 Å². The summed E-state index contributed by atoms with van der Waals surface area (Å²) in [5, 5.41) is 9.20. The van der Waals surface area contributed by atoms with E-state index in [0.717, 1.165) is 18.5 Å². The summed E-state index contributed by atoms with van der Waals surface area (Å²) in [6.07, 6.45) is 0.852. The number of nitrogens with one attached hydrogen (secondary N) is 1. The second kappa shape index (κ2) is 6.76. The number of benzene rings is 1. The quantitative estimate of drug-likeness (QED) is 0.794. The fourth-order valence-electron chi connectivity index (χ4n) is 2.19. The van der Waals surface area contributed by atoms with Gasteiger partial charge in [0.25, 0.3) is 0 Å². The van der Waals surface area contributed by atoms with Gasteiger partial charge in [0.2, 0.25) is 0 Å². The Kier molecular flexibility index (Phi) is 5.28. The molecule has 1 N–H and O–H groups in total. The third-order valence-corrected chi connectivity index (χ3v) is 4.91. The number of hydrogen-bond acceptors (Lipinski definition) is 2. The average molecular weight is 314 g/mol. The zero-order valence-corrected chi connectivity index (χ0v) is 13.4. The molecule has 1 aromatic carbocycles. The lowest BCUT2D eigenvalue weighted by molar-refractivity contribution is 0.549. The summed E-state index contributed by atoms with van der Waals surface area (Å²) >= 11 is 14.1. The number of halogens is 2. The molecule has 2 rings (SSSR count). The maximum Gasteiger partial charge on any atom is 0.0624 e. The van der Waals surface area contributed by atoms with Crippen LogP contribution in [0.3, 0.4) is 0 Å². The predicted molar refractivity (Wildman–Crippen MR) is 85.6 cm³/mol. The Labute approximate surface area is 128 Å². The van der Waals surface area contributed by atoms with Gasteiger partial charge < -0.3 is 5.32 Å². The molecule has 0 aliphatic rings. The minimum atomic E-state index is 0.284. The van der Waals surface area contributed by atoms with Crippen LogP contribution in [-0.2, 0) is 6.42 Å². The van der Waals surface area contributed by atoms with Crippen molar-refractivity contribution in [3.8, 4) is 0 Å². The molecular formula is C15H17Cl2NS. The highest BCUT2D eigenvalue weighted by atomic mass is 35.5. The highest BCUT2D eigenvalue weighted by molar-refractivity contribution is 7.08. The summed E-state index contributed by atoms with van der Waals surface area (Å²) in [5.74, 6) is 0. The molecule has 4 heteroatoms. The summed E-state index contributed by atoms with van der Waals surface area (Å²) in [7, 11) is 0. The number of thiophene rings is 1. The van der Waals surface area contributed by atoms with Gasteiger partial charge in [0.1, 0.15) is 0 Å². The standard InChI is InChI=1S/C15H17Cl2NS/c1-3-18-14(12-9-19-8-10(12)2)7-11-5-4-6-13(16)15(11)17/h4-6,8-9,14,18H,3,7H2,1-2H3. The molecule has 0 aliphatic carbocycles. The molecule has 1 unspecified atom stereocenters. The first kappa shape index (κ1) is 14.9. The minimum Gasteiger partial charge on any atom is -0.310 e. The first-order valence-corrected chi connectivity index (χ1v) is 8.02. The predicted octanol–water partition coefficient (Wildman–Crippen LogP) is 5.26. The van der Waals surface area contributed by atoms with E-state index in [-0.39, 0.29) is 6.04 Å². The Bertz CT molecular complexity index is 551. The van der Waals surface area contributed by atoms with Gasteiger partial charge in [-0.2, -0.15) is 11.3 Å². The van der Waals surface area contributed by atoms with Gasteiger partial charge in [0, 0.05) is 6.04 Å². The van der Waals surface area contributed by atoms with Crippen molar-refractivity contribution in [2.45, 2.75) is 26.3 Å². The van der Waals surface area contributed by atoms with Crippen molar-refractivity contribution in [3.63, 3.8) is 0 Å². The molecule has 0 radical (unpaired) electrons. The van der Waals surface area contributed by atoms with E-state index < -0.39 is 0 Å². The second-order valence-corrected chi connectivity index (χ2v) is 6.07. The van der Waals surface area contributed by atoms with E-state index >= 15 is 0 Å². The molecule has 0 fully saturated rings. The van der Waals surface area contributed by atoms with Crippen molar-refractivity contribution in [1.82, 2.24) is 5.32 Å². The first-order valence-electron chi connectivity index (χ1n) is 6.32. The van der Waals surface area contributed by atoms with Gasteiger partial charge in [-0.25, -0.2) is 0 Å². The van der Waals surface area contributed by atoms with Crippen LogP contribution in [0.15, 0.2) is 29.0 Å². The third kappa shape index (κ3) is 3.51. The molecule has 0 spiro atoms. The van der Waals surface area contributed by atoms with Gasteiger partial charge in [-0.3, -0.25) is 0 Å². The van der Waals surface area contributed by atoms with Crippen molar-refractivity contribution in [2.75, 3.05) is 6.54 Å². The van der Waals surface area contributed by atoms with Crippen LogP contribution in [-0.4, -0.2) is 6.54 Å². The Hall–Kier alpha value is -0.540. The van der Waals surface area contributed by atoms with E-state index in [1.165, 1.54) is 11.1 Å². The van der Waals surface area contributed by atoms with E-state index in [0.29, 0.717) is 10.0 Å². The summed E-state index contributed by atoms with van der Waals surface area (Å²) in [5.41, 5.74) is 3.77. The SMILES string of the molecule is CCNC(Cc1cccc(Cl)c1Cl)c1cscc1C. The molecule has 1 atom stereocenters. The van der Waals surface area contributed by atoms with E-state index in [1.54, 1.807) is 11.3 Å². The van der Waals surface area contributed by atoms with Crippen molar-refractivity contribution in [2.24, 2.45) is 0 Å². The zero-order chi connectivity index (χ0) is 13.8. The van der Waals surface area contributed by atoms with Crippen molar-refractivity contribution >= 4 is 34.5 Å². The van der Waals surface area contributed by atoms with Gasteiger partial charge in [-0.15, -0.1) is 0 Å². The van der Waals surface area contributed by atoms with Crippen LogP contribution in [0.1, 0.15) is 29.7 Å². The van der Waals surface area contributed by atoms with Crippen LogP contribution in [0.5, 0.6) is 0 Å². The van der Waals surface area contributed by atoms with Gasteiger partial charge in [0.15, 0.2) is 0 Å². The Morgan fingerprint density at radius 3 is 2.68 bits per heavy atom. The molecule has 0 saturated heterocycles. The first-order chi connectivity index (χ1) is 9.13. The number of rotatable bonds is 5. The second-order valence-electron chi connectivity index (χ2n) is 4.54. The van der Waals surface area contributed by atoms with Crippen LogP contribution >= 0.6 is 34.5 Å². The Morgan fingerprint density at radius 2 is 2.05 bits per heavy atom. The molecule has 1 aromatic heterocycles. The molecule has 0 amide bonds. The maximum absolute atomic E-state index is 6.28. The monoisotopic (exact) mass is 313 g/mol. The van der Waals surface area contributed by atoms with E-state index in [4.69, 9.17) is 23.2 Å². The number of hydrogen-bond donors (Lipinski definition) is 1. The van der Waals surface area contributed by atoms with E-state index in [2.05, 4.69) is 29.9 Å². The van der Waals surface area contributed by atoms with E-state index in [1.807, 2.05) is 18.2 Å². The van der Waals surface area contributed by atoms with Crippen LogP contribution in [0.25, 0.3) is 0 Å². The minimum absolute atomic E-state index is 0.284. The molecule has 0 saturated carbocycles. The largest absolute Gasteiger partial charge is 0.310 e. The molecule has 0 bridgehead atoms. The van der Waals surface area contributed by atoms with Gasteiger partial charge in [0.05, 0.1) is 10.0 Å². The lowest BCUT2D eigenvalue weighted by Gasteiger charge is -2.19. The smallest absolute Gasteiger partial charge is 0.0624 e. The number of likely N-dealkylation sites (N-methyl/N-ethyl adjacent to an activating group) is 1. The molecule has 1 heterocycles. The highest BCUT2D eigenvalue weighted by Crippen LogP contribution is 2.31. The zero-order valence-electron chi connectivity index (χ0n) is 11.0. The molecule has 2 aromatic rings. The summed E-state index contributed by atoms with van der Waals surface area (Å²) in [6.45, 7) is 5.20. The van der Waals surface area contributed by atoms with Gasteiger partial charge in [-0.1, -0.05) is 42.3 Å². The fourth-order valence-corrected chi connectivity index (χ4v) is 3.49. The summed E-state index contributed by atoms with van der Waals surface area (Å²) < 4.78 is 0. The van der Waals surface area contributed by atoms with Crippen LogP contribution < -0.4 is 5.32 Å². The van der Waals surface area contributed by atoms with Gasteiger partial charge >= 0.3 is 0 Å². The van der Waals surface area contributed by atoms with Crippen molar-refractivity contribution in [1.29, 1.82) is 0 Å². The molecule has 102 valence electrons. The molecular weight excluding hydrogens is 297 g/mol. The molecule has 1 nitrogen and oxygen atoms in total. The maximum atomic E-state index is 6.28. The van der Waals surface area contributed by atoms with Gasteiger partial charge in [-0.05, 0) is 53.4 Å². The van der Waals surface area contributed by atoms with Crippen LogP contribution in [0, 0.1) is 6.92 Å². The fraction of sp³-hybridized carbons (Fsp3) is 0.333. The normalized spacial score (nSPS) is 12.6. The van der Waals surface area contributed by atoms with E-state index in [9.17, 15) is 0 Å². The Balaban J connectivity index is 2.27.